The van der Waals surface area contributed by atoms with Crippen LogP contribution in [0.5, 0.6) is 0 Å². The van der Waals surface area contributed by atoms with Crippen LogP contribution in [0.3, 0.4) is 0 Å². The summed E-state index contributed by atoms with van der Waals surface area (Å²) in [5, 5.41) is 8.88. The highest BCUT2D eigenvalue weighted by molar-refractivity contribution is 5.75. The molecule has 1 aromatic rings. The van der Waals surface area contributed by atoms with Gasteiger partial charge in [0.05, 0.1) is 5.92 Å². The number of carbonyl (C=O) groups is 1. The summed E-state index contributed by atoms with van der Waals surface area (Å²) in [6, 6.07) is 7.99. The fourth-order valence-electron chi connectivity index (χ4n) is 1.64. The Morgan fingerprint density at radius 2 is 2.21 bits per heavy atom. The van der Waals surface area contributed by atoms with Crippen LogP contribution < -0.4 is 0 Å². The van der Waals surface area contributed by atoms with E-state index in [2.05, 4.69) is 6.07 Å². The summed E-state index contributed by atoms with van der Waals surface area (Å²) in [6.07, 6.45) is 2.51. The van der Waals surface area contributed by atoms with Crippen LogP contribution in [0.4, 0.5) is 0 Å². The highest BCUT2D eigenvalue weighted by atomic mass is 16.4. The summed E-state index contributed by atoms with van der Waals surface area (Å²) in [5.74, 6) is -0.456. The number of hydrogen-bond acceptors (Lipinski definition) is 1. The van der Waals surface area contributed by atoms with Gasteiger partial charge in [-0.25, -0.2) is 0 Å². The third-order valence-corrected chi connectivity index (χ3v) is 2.83. The lowest BCUT2D eigenvalue weighted by Crippen LogP contribution is -2.07. The average molecular weight is 190 g/mol. The van der Waals surface area contributed by atoms with Gasteiger partial charge < -0.3 is 5.11 Å². The molecule has 0 heterocycles. The minimum atomic E-state index is -0.752. The van der Waals surface area contributed by atoms with Gasteiger partial charge in [0.1, 0.15) is 0 Å². The summed E-state index contributed by atoms with van der Waals surface area (Å²) in [6.45, 7) is 1.73. The normalized spacial score (nSPS) is 17.8. The number of hydrogen-bond donors (Lipinski definition) is 1. The van der Waals surface area contributed by atoms with Gasteiger partial charge in [-0.05, 0) is 36.8 Å². The standard InChI is InChI=1S/C12H14O2/c1-8(12(13)14)10-3-2-4-11(7-10)9-5-6-9/h2-4,7-9H,5-6H2,1H3,(H,13,14)/t8-/m1/s1. The Bertz CT molecular complexity index is 353. The number of carboxylic acid groups (broad SMARTS) is 1. The average Bonchev–Trinajstić information content (AvgIpc) is 3.00. The molecule has 14 heavy (non-hydrogen) atoms. The minimum absolute atomic E-state index is 0.395. The predicted molar refractivity (Wildman–Crippen MR) is 54.5 cm³/mol. The molecular weight excluding hydrogens is 176 g/mol. The largest absolute Gasteiger partial charge is 0.481 e. The number of benzene rings is 1. The molecule has 1 aliphatic rings. The minimum Gasteiger partial charge on any atom is -0.481 e. The van der Waals surface area contributed by atoms with Crippen molar-refractivity contribution in [2.24, 2.45) is 0 Å². The molecule has 0 amide bonds. The predicted octanol–water partition coefficient (Wildman–Crippen LogP) is 2.75. The van der Waals surface area contributed by atoms with Crippen molar-refractivity contribution < 1.29 is 9.90 Å². The van der Waals surface area contributed by atoms with Gasteiger partial charge in [-0.1, -0.05) is 24.3 Å². The van der Waals surface area contributed by atoms with Crippen molar-refractivity contribution in [3.8, 4) is 0 Å². The van der Waals surface area contributed by atoms with Crippen molar-refractivity contribution in [2.75, 3.05) is 0 Å². The topological polar surface area (TPSA) is 37.3 Å². The second-order valence-electron chi connectivity index (χ2n) is 4.00. The molecule has 1 saturated carbocycles. The molecule has 0 spiro atoms. The van der Waals surface area contributed by atoms with Gasteiger partial charge in [0.25, 0.3) is 0 Å². The van der Waals surface area contributed by atoms with Gasteiger partial charge in [-0.2, -0.15) is 0 Å². The fourth-order valence-corrected chi connectivity index (χ4v) is 1.64. The van der Waals surface area contributed by atoms with Crippen LogP contribution in [0, 0.1) is 0 Å². The lowest BCUT2D eigenvalue weighted by molar-refractivity contribution is -0.138. The van der Waals surface area contributed by atoms with Gasteiger partial charge in [-0.3, -0.25) is 4.79 Å². The molecule has 1 aliphatic carbocycles. The molecule has 0 unspecified atom stereocenters. The summed E-state index contributed by atoms with van der Waals surface area (Å²) < 4.78 is 0. The highest BCUT2D eigenvalue weighted by Crippen LogP contribution is 2.40. The Balaban J connectivity index is 2.25. The summed E-state index contributed by atoms with van der Waals surface area (Å²) >= 11 is 0. The summed E-state index contributed by atoms with van der Waals surface area (Å²) in [4.78, 5) is 10.8. The molecule has 0 aliphatic heterocycles. The molecule has 2 heteroatoms. The van der Waals surface area contributed by atoms with Crippen molar-refractivity contribution in [3.63, 3.8) is 0 Å². The zero-order chi connectivity index (χ0) is 10.1. The van der Waals surface area contributed by atoms with E-state index >= 15 is 0 Å². The first-order valence-electron chi connectivity index (χ1n) is 5.01. The van der Waals surface area contributed by atoms with Crippen molar-refractivity contribution >= 4 is 5.97 Å². The molecule has 0 bridgehead atoms. The molecule has 74 valence electrons. The van der Waals surface area contributed by atoms with Gasteiger partial charge in [0.2, 0.25) is 0 Å². The maximum Gasteiger partial charge on any atom is 0.310 e. The third-order valence-electron chi connectivity index (χ3n) is 2.83. The van der Waals surface area contributed by atoms with E-state index in [4.69, 9.17) is 5.11 Å². The smallest absolute Gasteiger partial charge is 0.310 e. The van der Waals surface area contributed by atoms with E-state index in [1.54, 1.807) is 6.92 Å². The van der Waals surface area contributed by atoms with Crippen LogP contribution >= 0.6 is 0 Å². The first-order valence-corrected chi connectivity index (χ1v) is 5.01. The zero-order valence-corrected chi connectivity index (χ0v) is 8.23. The molecule has 0 saturated heterocycles. The molecule has 2 rings (SSSR count). The molecule has 1 aromatic carbocycles. The van der Waals surface area contributed by atoms with Crippen LogP contribution in [0.1, 0.15) is 42.7 Å². The van der Waals surface area contributed by atoms with E-state index in [1.807, 2.05) is 18.2 Å². The lowest BCUT2D eigenvalue weighted by atomic mass is 9.98. The third kappa shape index (κ3) is 1.79. The quantitative estimate of drug-likeness (QED) is 0.795. The second kappa shape index (κ2) is 3.45. The fraction of sp³-hybridized carbons (Fsp3) is 0.417. The molecule has 1 N–H and O–H groups in total. The van der Waals surface area contributed by atoms with E-state index in [0.29, 0.717) is 5.92 Å². The summed E-state index contributed by atoms with van der Waals surface area (Å²) in [5.41, 5.74) is 2.22. The van der Waals surface area contributed by atoms with Gasteiger partial charge in [0.15, 0.2) is 0 Å². The first kappa shape index (κ1) is 9.25. The maximum atomic E-state index is 10.8. The number of rotatable bonds is 3. The van der Waals surface area contributed by atoms with E-state index in [9.17, 15) is 4.79 Å². The number of aliphatic carboxylic acids is 1. The molecule has 0 aromatic heterocycles. The highest BCUT2D eigenvalue weighted by Gasteiger charge is 2.24. The molecule has 1 fully saturated rings. The second-order valence-corrected chi connectivity index (χ2v) is 4.00. The SMILES string of the molecule is C[C@@H](C(=O)O)c1cccc(C2CC2)c1. The van der Waals surface area contributed by atoms with Crippen molar-refractivity contribution in [3.05, 3.63) is 35.4 Å². The van der Waals surface area contributed by atoms with Crippen LogP contribution in [-0.2, 0) is 4.79 Å². The van der Waals surface area contributed by atoms with Crippen molar-refractivity contribution in [1.29, 1.82) is 0 Å². The molecule has 0 radical (unpaired) electrons. The van der Waals surface area contributed by atoms with Crippen LogP contribution in [-0.4, -0.2) is 11.1 Å². The van der Waals surface area contributed by atoms with Crippen molar-refractivity contribution in [1.82, 2.24) is 0 Å². The first-order chi connectivity index (χ1) is 6.68. The van der Waals surface area contributed by atoms with Gasteiger partial charge in [0, 0.05) is 0 Å². The van der Waals surface area contributed by atoms with E-state index < -0.39 is 11.9 Å². The Hall–Kier alpha value is -1.31. The van der Waals surface area contributed by atoms with Gasteiger partial charge in [-0.15, -0.1) is 0 Å². The molecule has 1 atom stereocenters. The Morgan fingerprint density at radius 3 is 2.79 bits per heavy atom. The van der Waals surface area contributed by atoms with E-state index in [-0.39, 0.29) is 0 Å². The van der Waals surface area contributed by atoms with Crippen LogP contribution in [0.2, 0.25) is 0 Å². The Kier molecular flexibility index (Phi) is 2.28. The van der Waals surface area contributed by atoms with Crippen molar-refractivity contribution in [2.45, 2.75) is 31.6 Å². The Morgan fingerprint density at radius 1 is 1.50 bits per heavy atom. The lowest BCUT2D eigenvalue weighted by Gasteiger charge is -2.08. The number of carboxylic acids is 1. The van der Waals surface area contributed by atoms with E-state index in [0.717, 1.165) is 5.56 Å². The monoisotopic (exact) mass is 190 g/mol. The maximum absolute atomic E-state index is 10.8. The molecule has 2 nitrogen and oxygen atoms in total. The van der Waals surface area contributed by atoms with Crippen LogP contribution in [0.15, 0.2) is 24.3 Å². The van der Waals surface area contributed by atoms with Gasteiger partial charge >= 0.3 is 5.97 Å². The summed E-state index contributed by atoms with van der Waals surface area (Å²) in [7, 11) is 0. The van der Waals surface area contributed by atoms with E-state index in [1.165, 1.54) is 18.4 Å². The molecular formula is C12H14O2. The van der Waals surface area contributed by atoms with Crippen LogP contribution in [0.25, 0.3) is 0 Å². The Labute approximate surface area is 83.6 Å². The zero-order valence-electron chi connectivity index (χ0n) is 8.23.